The molecular weight excluding hydrogens is 248 g/mol. The van der Waals surface area contributed by atoms with E-state index >= 15 is 0 Å². The molecule has 0 amide bonds. The normalized spacial score (nSPS) is 16.5. The number of aromatic nitrogens is 1. The summed E-state index contributed by atoms with van der Waals surface area (Å²) in [6.45, 7) is 1.93. The van der Waals surface area contributed by atoms with E-state index in [0.717, 1.165) is 24.2 Å². The molecule has 4 nitrogen and oxygen atoms in total. The van der Waals surface area contributed by atoms with Gasteiger partial charge in [-0.1, -0.05) is 6.07 Å². The quantitative estimate of drug-likeness (QED) is 0.818. The van der Waals surface area contributed by atoms with E-state index in [9.17, 15) is 0 Å². The summed E-state index contributed by atoms with van der Waals surface area (Å²) < 4.78 is 0. The number of nitriles is 1. The Hall–Kier alpha value is -2.54. The largest absolute Gasteiger partial charge is 0.399 e. The molecule has 0 saturated carbocycles. The van der Waals surface area contributed by atoms with Crippen molar-refractivity contribution in [3.8, 4) is 6.07 Å². The Morgan fingerprint density at radius 1 is 1.35 bits per heavy atom. The Bertz CT molecular complexity index is 700. The van der Waals surface area contributed by atoms with Crippen molar-refractivity contribution < 1.29 is 0 Å². The zero-order chi connectivity index (χ0) is 14.1. The molecule has 3 rings (SSSR count). The zero-order valence-electron chi connectivity index (χ0n) is 11.4. The summed E-state index contributed by atoms with van der Waals surface area (Å²) >= 11 is 0. The van der Waals surface area contributed by atoms with Crippen molar-refractivity contribution in [3.05, 3.63) is 52.7 Å². The SMILES string of the molecule is Cc1ccc(C#N)c(NC2CCc3cc(N)ccc32)n1. The Balaban J connectivity index is 1.91. The molecular formula is C16H16N4. The first kappa shape index (κ1) is 12.5. The lowest BCUT2D eigenvalue weighted by Crippen LogP contribution is -2.10. The van der Waals surface area contributed by atoms with Gasteiger partial charge in [0.15, 0.2) is 0 Å². The van der Waals surface area contributed by atoms with E-state index in [2.05, 4.69) is 22.4 Å². The molecule has 1 heterocycles. The van der Waals surface area contributed by atoms with E-state index in [1.54, 1.807) is 0 Å². The number of nitrogens with zero attached hydrogens (tertiary/aromatic N) is 2. The van der Waals surface area contributed by atoms with Gasteiger partial charge in [0.1, 0.15) is 11.9 Å². The molecule has 100 valence electrons. The monoisotopic (exact) mass is 264 g/mol. The zero-order valence-corrected chi connectivity index (χ0v) is 11.4. The summed E-state index contributed by atoms with van der Waals surface area (Å²) in [6, 6.07) is 12.1. The van der Waals surface area contributed by atoms with Crippen LogP contribution in [0.15, 0.2) is 30.3 Å². The third kappa shape index (κ3) is 2.19. The number of fused-ring (bicyclic) bond motifs is 1. The van der Waals surface area contributed by atoms with Crippen LogP contribution in [0.25, 0.3) is 0 Å². The van der Waals surface area contributed by atoms with Crippen molar-refractivity contribution in [1.82, 2.24) is 4.98 Å². The summed E-state index contributed by atoms with van der Waals surface area (Å²) in [7, 11) is 0. The summed E-state index contributed by atoms with van der Waals surface area (Å²) in [5.41, 5.74) is 10.6. The predicted octanol–water partition coefficient (Wildman–Crippen LogP) is 2.94. The Morgan fingerprint density at radius 2 is 2.20 bits per heavy atom. The third-order valence-corrected chi connectivity index (χ3v) is 3.71. The summed E-state index contributed by atoms with van der Waals surface area (Å²) in [5.74, 6) is 0.669. The predicted molar refractivity (Wildman–Crippen MR) is 79.2 cm³/mol. The number of rotatable bonds is 2. The number of hydrogen-bond donors (Lipinski definition) is 2. The fourth-order valence-electron chi connectivity index (χ4n) is 2.71. The number of anilines is 2. The second-order valence-electron chi connectivity index (χ2n) is 5.15. The fraction of sp³-hybridized carbons (Fsp3) is 0.250. The van der Waals surface area contributed by atoms with Gasteiger partial charge in [0.05, 0.1) is 11.6 Å². The second-order valence-corrected chi connectivity index (χ2v) is 5.15. The number of nitrogen functional groups attached to an aromatic ring is 1. The van der Waals surface area contributed by atoms with Gasteiger partial charge in [-0.05, 0) is 55.2 Å². The molecule has 1 unspecified atom stereocenters. The summed E-state index contributed by atoms with van der Waals surface area (Å²) in [5, 5.41) is 12.6. The molecule has 0 aliphatic heterocycles. The van der Waals surface area contributed by atoms with E-state index in [0.29, 0.717) is 11.4 Å². The second kappa shape index (κ2) is 4.86. The minimum atomic E-state index is 0.201. The lowest BCUT2D eigenvalue weighted by molar-refractivity contribution is 0.756. The smallest absolute Gasteiger partial charge is 0.144 e. The van der Waals surface area contributed by atoms with Gasteiger partial charge in [-0.3, -0.25) is 0 Å². The fourth-order valence-corrected chi connectivity index (χ4v) is 2.71. The number of nitrogens with one attached hydrogen (secondary N) is 1. The van der Waals surface area contributed by atoms with Crippen LogP contribution in [0.1, 0.15) is 34.8 Å². The van der Waals surface area contributed by atoms with E-state index < -0.39 is 0 Å². The average Bonchev–Trinajstić information content (AvgIpc) is 2.81. The Labute approximate surface area is 118 Å². The van der Waals surface area contributed by atoms with Crippen LogP contribution in [0.3, 0.4) is 0 Å². The van der Waals surface area contributed by atoms with Gasteiger partial charge in [0.2, 0.25) is 0 Å². The minimum Gasteiger partial charge on any atom is -0.399 e. The highest BCUT2D eigenvalue weighted by atomic mass is 15.0. The van der Waals surface area contributed by atoms with Crippen molar-refractivity contribution in [2.24, 2.45) is 0 Å². The first-order valence-electron chi connectivity index (χ1n) is 6.70. The van der Waals surface area contributed by atoms with Crippen LogP contribution in [0.4, 0.5) is 11.5 Å². The van der Waals surface area contributed by atoms with Gasteiger partial charge >= 0.3 is 0 Å². The molecule has 20 heavy (non-hydrogen) atoms. The molecule has 0 spiro atoms. The van der Waals surface area contributed by atoms with Gasteiger partial charge in [-0.15, -0.1) is 0 Å². The van der Waals surface area contributed by atoms with E-state index in [4.69, 9.17) is 11.0 Å². The highest BCUT2D eigenvalue weighted by Crippen LogP contribution is 2.35. The first-order valence-corrected chi connectivity index (χ1v) is 6.70. The third-order valence-electron chi connectivity index (χ3n) is 3.71. The van der Waals surface area contributed by atoms with Crippen LogP contribution in [0.2, 0.25) is 0 Å². The number of pyridine rings is 1. The minimum absolute atomic E-state index is 0.201. The number of nitrogens with two attached hydrogens (primary N) is 1. The standard InChI is InChI=1S/C16H16N4/c1-10-2-3-12(9-17)16(19-10)20-15-7-4-11-8-13(18)5-6-14(11)15/h2-3,5-6,8,15H,4,7,18H2,1H3,(H,19,20). The maximum Gasteiger partial charge on any atom is 0.144 e. The molecule has 0 saturated heterocycles. The summed E-state index contributed by atoms with van der Waals surface area (Å²) in [6.07, 6.45) is 2.00. The lowest BCUT2D eigenvalue weighted by atomic mass is 10.1. The number of aryl methyl sites for hydroxylation is 2. The lowest BCUT2D eigenvalue weighted by Gasteiger charge is -2.16. The summed E-state index contributed by atoms with van der Waals surface area (Å²) in [4.78, 5) is 4.44. The van der Waals surface area contributed by atoms with Crippen molar-refractivity contribution in [2.75, 3.05) is 11.1 Å². The van der Waals surface area contributed by atoms with Crippen molar-refractivity contribution >= 4 is 11.5 Å². The van der Waals surface area contributed by atoms with Crippen LogP contribution in [-0.4, -0.2) is 4.98 Å². The number of benzene rings is 1. The Kier molecular flexibility index (Phi) is 3.03. The van der Waals surface area contributed by atoms with E-state index in [-0.39, 0.29) is 6.04 Å². The van der Waals surface area contributed by atoms with Crippen LogP contribution < -0.4 is 11.1 Å². The van der Waals surface area contributed by atoms with Gasteiger partial charge in [-0.25, -0.2) is 4.98 Å². The Morgan fingerprint density at radius 3 is 3.00 bits per heavy atom. The van der Waals surface area contributed by atoms with Crippen LogP contribution in [0.5, 0.6) is 0 Å². The maximum atomic E-state index is 9.17. The van der Waals surface area contributed by atoms with Gasteiger partial charge in [-0.2, -0.15) is 5.26 Å². The molecule has 1 atom stereocenters. The van der Waals surface area contributed by atoms with Crippen LogP contribution in [0, 0.1) is 18.3 Å². The highest BCUT2D eigenvalue weighted by molar-refractivity contribution is 5.56. The van der Waals surface area contributed by atoms with Crippen molar-refractivity contribution in [1.29, 1.82) is 5.26 Å². The van der Waals surface area contributed by atoms with Gasteiger partial charge in [0, 0.05) is 11.4 Å². The molecule has 1 aromatic carbocycles. The molecule has 1 aromatic heterocycles. The molecule has 4 heteroatoms. The average molecular weight is 264 g/mol. The van der Waals surface area contributed by atoms with Gasteiger partial charge < -0.3 is 11.1 Å². The molecule has 0 fully saturated rings. The number of hydrogen-bond acceptors (Lipinski definition) is 4. The van der Waals surface area contributed by atoms with E-state index in [1.165, 1.54) is 11.1 Å². The maximum absolute atomic E-state index is 9.17. The molecule has 2 aromatic rings. The highest BCUT2D eigenvalue weighted by Gasteiger charge is 2.23. The molecule has 0 bridgehead atoms. The van der Waals surface area contributed by atoms with Crippen LogP contribution >= 0.6 is 0 Å². The molecule has 3 N–H and O–H groups in total. The van der Waals surface area contributed by atoms with Crippen molar-refractivity contribution in [2.45, 2.75) is 25.8 Å². The van der Waals surface area contributed by atoms with Crippen molar-refractivity contribution in [3.63, 3.8) is 0 Å². The van der Waals surface area contributed by atoms with E-state index in [1.807, 2.05) is 31.2 Å². The van der Waals surface area contributed by atoms with Crippen LogP contribution in [-0.2, 0) is 6.42 Å². The van der Waals surface area contributed by atoms with Gasteiger partial charge in [0.25, 0.3) is 0 Å². The topological polar surface area (TPSA) is 74.7 Å². The molecule has 0 radical (unpaired) electrons. The molecule has 1 aliphatic carbocycles. The molecule has 1 aliphatic rings. The first-order chi connectivity index (χ1) is 9.67.